The molecule has 0 rings (SSSR count). The molecule has 0 aromatic heterocycles. The van der Waals surface area contributed by atoms with Gasteiger partial charge in [0.15, 0.2) is 0 Å². The van der Waals surface area contributed by atoms with Crippen LogP contribution in [0.25, 0.3) is 0 Å². The molecule has 20 valence electrons. The van der Waals surface area contributed by atoms with E-state index in [9.17, 15) is 0 Å². The second-order valence-corrected chi connectivity index (χ2v) is 0. The van der Waals surface area contributed by atoms with Gasteiger partial charge < -0.3 is 0 Å². The van der Waals surface area contributed by atoms with Gasteiger partial charge in [-0.05, 0) is 0 Å². The summed E-state index contributed by atoms with van der Waals surface area (Å²) in [5.41, 5.74) is 0. The predicted molar refractivity (Wildman–Crippen MR) is 16.9 cm³/mol. The molecule has 0 aliphatic carbocycles. The Kier molecular flexibility index (Phi) is 1440. The zero-order chi connectivity index (χ0) is 4.00. The largest absolute Gasteiger partial charge is 0 e. The molecule has 0 aliphatic heterocycles. The molecule has 2 N–H and O–H groups in total. The molecule has 0 unspecified atom stereocenters. The van der Waals surface area contributed by atoms with Crippen LogP contribution in [0.4, 0.5) is 0 Å². The number of rotatable bonds is 0. The molecular formula is H2B2N2Zn. The van der Waals surface area contributed by atoms with E-state index in [2.05, 4.69) is 15.3 Å². The third-order valence-electron chi connectivity index (χ3n) is 0. The van der Waals surface area contributed by atoms with Crippen LogP contribution in [0.3, 0.4) is 0 Å². The van der Waals surface area contributed by atoms with Crippen LogP contribution in [0, 0.1) is 10.6 Å². The molecule has 0 amide bonds. The Labute approximate surface area is 45.9 Å². The standard InChI is InChI=1S/2BHN.Zn/c2*1-2;/h2*2H;. The van der Waals surface area contributed by atoms with Crippen molar-refractivity contribution in [3.05, 3.63) is 0 Å². The molecule has 0 fully saturated rings. The van der Waals surface area contributed by atoms with Crippen LogP contribution in [0.5, 0.6) is 0 Å². The minimum Gasteiger partial charge on any atom is 0 e. The quantitative estimate of drug-likeness (QED) is 0.414. The Balaban J connectivity index is -0.0000000133. The van der Waals surface area contributed by atoms with Crippen molar-refractivity contribution in [1.29, 1.82) is 10.6 Å². The summed E-state index contributed by atoms with van der Waals surface area (Å²) in [5.74, 6) is 0. The van der Waals surface area contributed by atoms with E-state index >= 15 is 0 Å². The van der Waals surface area contributed by atoms with Crippen LogP contribution < -0.4 is 0 Å². The van der Waals surface area contributed by atoms with Crippen LogP contribution in [-0.2, 0) is 19.5 Å². The van der Waals surface area contributed by atoms with Crippen molar-refractivity contribution in [2.75, 3.05) is 0 Å². The molecular weight excluding hydrogens is 115 g/mol. The van der Waals surface area contributed by atoms with E-state index in [0.717, 1.165) is 0 Å². The first-order valence-electron chi connectivity index (χ1n) is 0.577. The molecule has 0 saturated heterocycles. The summed E-state index contributed by atoms with van der Waals surface area (Å²) in [7, 11) is 7.50. The van der Waals surface area contributed by atoms with Crippen LogP contribution in [0.2, 0.25) is 0 Å². The average molecular weight is 117 g/mol. The summed E-state index contributed by atoms with van der Waals surface area (Å²) >= 11 is 0. The molecule has 2 radical (unpaired) electrons. The van der Waals surface area contributed by atoms with Crippen LogP contribution in [0.1, 0.15) is 0 Å². The molecule has 0 spiro atoms. The molecule has 5 heteroatoms. The molecule has 0 saturated carbocycles. The molecule has 2 nitrogen and oxygen atoms in total. The Morgan fingerprint density at radius 2 is 0.800 bits per heavy atom. The van der Waals surface area contributed by atoms with Gasteiger partial charge in [0.2, 0.25) is 0 Å². The molecule has 0 aromatic rings. The van der Waals surface area contributed by atoms with E-state index in [4.69, 9.17) is 10.6 Å². The first kappa shape index (κ1) is 18.3. The maximum absolute atomic E-state index is 5.25. The Morgan fingerprint density at radius 1 is 0.800 bits per heavy atom. The summed E-state index contributed by atoms with van der Waals surface area (Å²) in [5, 5.41) is 10.5. The first-order valence-corrected chi connectivity index (χ1v) is 0.577. The van der Waals surface area contributed by atoms with E-state index in [-0.39, 0.29) is 19.5 Å². The van der Waals surface area contributed by atoms with Crippen molar-refractivity contribution < 1.29 is 19.5 Å². The van der Waals surface area contributed by atoms with Gasteiger partial charge in [0.05, 0.1) is 0 Å². The fourth-order valence-electron chi connectivity index (χ4n) is 0. The van der Waals surface area contributed by atoms with E-state index in [1.165, 1.54) is 0 Å². The molecule has 0 bridgehead atoms. The fourth-order valence-corrected chi connectivity index (χ4v) is 0. The van der Waals surface area contributed by atoms with Gasteiger partial charge in [-0.1, -0.05) is 0 Å². The van der Waals surface area contributed by atoms with Gasteiger partial charge in [0.1, 0.15) is 0 Å². The topological polar surface area (TPSA) is 47.7 Å². The van der Waals surface area contributed by atoms with Gasteiger partial charge in [-0.25, -0.2) is 0 Å². The summed E-state index contributed by atoms with van der Waals surface area (Å²) in [6.45, 7) is 0. The summed E-state index contributed by atoms with van der Waals surface area (Å²) < 4.78 is 0. The molecule has 0 aliphatic rings. The second kappa shape index (κ2) is 392. The minimum atomic E-state index is 0. The van der Waals surface area contributed by atoms with Gasteiger partial charge in [-0.3, -0.25) is 0 Å². The number of nitrogens with one attached hydrogen (secondary N) is 2. The maximum Gasteiger partial charge on any atom is 0 e. The van der Waals surface area contributed by atoms with Gasteiger partial charge >= 0.3 is 25.9 Å². The van der Waals surface area contributed by atoms with E-state index in [1.54, 1.807) is 0 Å². The van der Waals surface area contributed by atoms with E-state index in [1.807, 2.05) is 0 Å². The molecule has 5 heavy (non-hydrogen) atoms. The minimum absolute atomic E-state index is 0. The second-order valence-electron chi connectivity index (χ2n) is 0. The number of hydrogen-bond acceptors (Lipinski definition) is 2. The molecule has 0 heterocycles. The summed E-state index contributed by atoms with van der Waals surface area (Å²) in [6, 6.07) is 0. The van der Waals surface area contributed by atoms with E-state index in [0.29, 0.717) is 0 Å². The van der Waals surface area contributed by atoms with Gasteiger partial charge in [0.25, 0.3) is 0 Å². The fraction of sp³-hybridized carbons (Fsp3) is 0. The molecule has 0 aromatic carbocycles. The van der Waals surface area contributed by atoms with Crippen molar-refractivity contribution in [3.63, 3.8) is 0 Å². The first-order chi connectivity index (χ1) is 2.00. The van der Waals surface area contributed by atoms with E-state index < -0.39 is 0 Å². The third-order valence-corrected chi connectivity index (χ3v) is 0. The van der Waals surface area contributed by atoms with Crippen molar-refractivity contribution >= 4 is 15.3 Å². The maximum atomic E-state index is 5.25. The Morgan fingerprint density at radius 3 is 0.800 bits per heavy atom. The third kappa shape index (κ3) is 193. The average Bonchev–Trinajstić information content (AvgIpc) is 1.50. The van der Waals surface area contributed by atoms with Crippen molar-refractivity contribution in [2.24, 2.45) is 0 Å². The Bertz CT molecular complexity index is 9.61. The van der Waals surface area contributed by atoms with Gasteiger partial charge in [-0.2, -0.15) is 0 Å². The zero-order valence-electron chi connectivity index (χ0n) is 2.86. The smallest absolute Gasteiger partial charge is 0 e. The van der Waals surface area contributed by atoms with Crippen LogP contribution >= 0.6 is 0 Å². The predicted octanol–water partition coefficient (Wildman–Crippen LogP) is -0.168. The van der Waals surface area contributed by atoms with Crippen molar-refractivity contribution in [1.82, 2.24) is 0 Å². The summed E-state index contributed by atoms with van der Waals surface area (Å²) in [4.78, 5) is 0. The number of hydrogen-bond donors (Lipinski definition) is 2. The SMILES string of the molecule is [B]=N.[B]=N.[Zn]. The van der Waals surface area contributed by atoms with Crippen molar-refractivity contribution in [2.45, 2.75) is 0 Å². The van der Waals surface area contributed by atoms with Crippen LogP contribution in [0.15, 0.2) is 0 Å². The zero-order valence-corrected chi connectivity index (χ0v) is 5.83. The normalized spacial score (nSPS) is 1.20. The van der Waals surface area contributed by atoms with Crippen LogP contribution in [-0.4, -0.2) is 15.3 Å². The Hall–Kier alpha value is 0.353. The van der Waals surface area contributed by atoms with Gasteiger partial charge in [0, 0.05) is 19.5 Å². The summed E-state index contributed by atoms with van der Waals surface area (Å²) in [6.07, 6.45) is 0. The van der Waals surface area contributed by atoms with Crippen molar-refractivity contribution in [3.8, 4) is 0 Å². The monoisotopic (exact) mass is 116 g/mol. The molecule has 0 atom stereocenters. The van der Waals surface area contributed by atoms with Gasteiger partial charge in [-0.15, -0.1) is 0 Å².